The Morgan fingerprint density at radius 2 is 0.733 bits per heavy atom. The maximum atomic E-state index is 14.8. The quantitative estimate of drug-likeness (QED) is 0.115. The molecule has 21 rings (SSSR count). The molecule has 12 bridgehead atoms. The fourth-order valence-electron chi connectivity index (χ4n) is 15.0. The molecule has 18 heterocycles. The number of esters is 3. The molecule has 15 nitrogen and oxygen atoms in total. The van der Waals surface area contributed by atoms with Crippen molar-refractivity contribution in [3.63, 3.8) is 0 Å². The van der Waals surface area contributed by atoms with E-state index in [4.69, 9.17) is 43.4 Å². The molecule has 0 aliphatic carbocycles. The molecule has 75 heavy (non-hydrogen) atoms. The number of pyridine rings is 3. The Morgan fingerprint density at radius 3 is 1.00 bits per heavy atom. The lowest BCUT2D eigenvalue weighted by atomic mass is 9.71. The Morgan fingerprint density at radius 1 is 0.427 bits per heavy atom. The molecule has 15 atom stereocenters. The predicted octanol–water partition coefficient (Wildman–Crippen LogP) is 8.83. The fraction of sp³-hybridized carbons (Fsp3) is 0.500. The van der Waals surface area contributed by atoms with E-state index in [0.717, 1.165) is 108 Å². The van der Waals surface area contributed by atoms with E-state index in [1.54, 1.807) is 21.3 Å². The molecule has 3 aromatic heterocycles. The normalized spacial score (nSPS) is 33.8. The lowest BCUT2D eigenvalue weighted by Gasteiger charge is -2.53. The number of piperidine rings is 9. The van der Waals surface area contributed by atoms with E-state index in [1.165, 1.54) is 0 Å². The first-order valence-corrected chi connectivity index (χ1v) is 27.3. The van der Waals surface area contributed by atoms with Crippen molar-refractivity contribution in [2.75, 3.05) is 60.6 Å². The Labute approximate surface area is 437 Å². The zero-order valence-electron chi connectivity index (χ0n) is 43.1. The summed E-state index contributed by atoms with van der Waals surface area (Å²) >= 11 is 0. The highest BCUT2D eigenvalue weighted by atomic mass is 16.6. The van der Waals surface area contributed by atoms with Crippen LogP contribution in [0.4, 0.5) is 0 Å². The minimum absolute atomic E-state index is 0.0721. The standard InChI is InChI=1S/C60H66N6O9/c1-70-40-4-7-49-46(28-40)43(10-16-61-49)58-52-22-34-13-19-64(52)31-38(34)26-56(68)74-60(45-12-18-63-51-9-6-42(72-3)30-48(45)51)54-24-36-15-21-66(54)33-39(36)27-57(69)75-59(44-11-17-62-50-8-5-41(71-2)29-47(44)50)53-23-35-14-20-65(53)32-37(35)25-55(67)73-58/h4-12,16-18,28-30,34-39,52-54,58-60H,13-15,19-27,31-33H2,1-3H3/t34-,35-,36-,37-,38-,39-,52+,53+,54+,58-,59-,60-/m0/s1. The first kappa shape index (κ1) is 48.2. The molecule has 15 aliphatic heterocycles. The number of carbonyl (C=O) groups excluding carboxylic acids is 3. The first-order valence-electron chi connectivity index (χ1n) is 27.3. The van der Waals surface area contributed by atoms with E-state index in [1.807, 2.05) is 91.4 Å². The van der Waals surface area contributed by atoms with Gasteiger partial charge in [-0.3, -0.25) is 44.0 Å². The van der Waals surface area contributed by atoms with Crippen LogP contribution in [0.25, 0.3) is 32.7 Å². The highest BCUT2D eigenvalue weighted by Crippen LogP contribution is 2.50. The number of hydrogen-bond donors (Lipinski definition) is 0. The predicted molar refractivity (Wildman–Crippen MR) is 280 cm³/mol. The molecular formula is C60H66N6O9. The molecule has 15 saturated heterocycles. The van der Waals surface area contributed by atoms with E-state index < -0.39 is 18.3 Å². The van der Waals surface area contributed by atoms with Gasteiger partial charge in [-0.05, 0) is 166 Å². The number of carbonyl (C=O) groups is 3. The Kier molecular flexibility index (Phi) is 12.8. The molecule has 0 amide bonds. The van der Waals surface area contributed by atoms with Crippen LogP contribution in [-0.2, 0) is 28.6 Å². The topological polar surface area (TPSA) is 155 Å². The highest BCUT2D eigenvalue weighted by Gasteiger charge is 2.51. The molecule has 6 aromatic rings. The number of fused-ring (bicyclic) bond motifs is 6. The van der Waals surface area contributed by atoms with Gasteiger partial charge in [0.25, 0.3) is 0 Å². The van der Waals surface area contributed by atoms with Gasteiger partial charge >= 0.3 is 17.9 Å². The maximum absolute atomic E-state index is 14.8. The Bertz CT molecular complexity index is 2840. The van der Waals surface area contributed by atoms with Crippen molar-refractivity contribution in [2.45, 2.75) is 94.2 Å². The smallest absolute Gasteiger partial charge is 0.306 e. The van der Waals surface area contributed by atoms with Gasteiger partial charge in [-0.15, -0.1) is 0 Å². The largest absolute Gasteiger partial charge is 0.497 e. The average molecular weight is 1020 g/mol. The minimum atomic E-state index is -0.577. The van der Waals surface area contributed by atoms with Gasteiger partial charge in [0.2, 0.25) is 0 Å². The van der Waals surface area contributed by atoms with Crippen LogP contribution in [0.1, 0.15) is 92.8 Å². The fourth-order valence-corrected chi connectivity index (χ4v) is 15.0. The molecule has 15 aliphatic rings. The summed E-state index contributed by atoms with van der Waals surface area (Å²) in [5.74, 6) is 2.36. The minimum Gasteiger partial charge on any atom is -0.497 e. The van der Waals surface area contributed by atoms with Gasteiger partial charge in [-0.1, -0.05) is 0 Å². The third-order valence-corrected chi connectivity index (χ3v) is 18.8. The number of hydrogen-bond acceptors (Lipinski definition) is 15. The van der Waals surface area contributed by atoms with Crippen LogP contribution in [0.15, 0.2) is 91.4 Å². The van der Waals surface area contributed by atoms with Gasteiger partial charge in [0.05, 0.1) is 56.0 Å². The number of rotatable bonds is 6. The van der Waals surface area contributed by atoms with Crippen molar-refractivity contribution in [3.05, 3.63) is 108 Å². The monoisotopic (exact) mass is 1010 g/mol. The van der Waals surface area contributed by atoms with Gasteiger partial charge < -0.3 is 28.4 Å². The molecule has 0 radical (unpaired) electrons. The van der Waals surface area contributed by atoms with Crippen molar-refractivity contribution in [3.8, 4) is 17.2 Å². The molecule has 15 fully saturated rings. The molecular weight excluding hydrogens is 949 g/mol. The molecule has 3 unspecified atom stereocenters. The summed E-state index contributed by atoms with van der Waals surface area (Å²) in [6, 6.07) is 23.3. The SMILES string of the molecule is COc1ccc2nccc([C@@H]3OC(=O)C[C@H]4CN5CC[C@H]4C[C@@H]5[C@H](c4ccnc5ccc(OC)cc45)OC(=O)C[C@H]4CN5CC[C@H]4C[C@@H]5[C@H](c4ccnc5ccc(OC)cc45)OC(=O)C[C@H]4CN5CC[C@H]4C[C@H]35)c2c1. The Balaban J connectivity index is 0.880. The van der Waals surface area contributed by atoms with Crippen LogP contribution >= 0.6 is 0 Å². The summed E-state index contributed by atoms with van der Waals surface area (Å²) in [6.07, 6.45) is 9.72. The molecule has 0 spiro atoms. The van der Waals surface area contributed by atoms with Crippen molar-refractivity contribution >= 4 is 50.6 Å². The summed E-state index contributed by atoms with van der Waals surface area (Å²) in [6.45, 7) is 4.63. The van der Waals surface area contributed by atoms with Crippen LogP contribution in [0.3, 0.4) is 0 Å². The molecule has 390 valence electrons. The van der Waals surface area contributed by atoms with E-state index in [0.29, 0.717) is 36.9 Å². The zero-order valence-corrected chi connectivity index (χ0v) is 43.1. The lowest BCUT2D eigenvalue weighted by Crippen LogP contribution is -2.57. The third-order valence-electron chi connectivity index (χ3n) is 18.8. The van der Waals surface area contributed by atoms with E-state index in [9.17, 15) is 14.4 Å². The van der Waals surface area contributed by atoms with E-state index >= 15 is 0 Å². The third kappa shape index (κ3) is 9.01. The summed E-state index contributed by atoms with van der Waals surface area (Å²) in [5, 5.41) is 2.68. The molecule has 0 N–H and O–H groups in total. The first-order chi connectivity index (χ1) is 36.7. The van der Waals surface area contributed by atoms with Crippen LogP contribution in [0, 0.1) is 35.5 Å². The van der Waals surface area contributed by atoms with Crippen LogP contribution in [-0.4, -0.2) is 126 Å². The number of benzene rings is 3. The summed E-state index contributed by atoms with van der Waals surface area (Å²) < 4.78 is 37.8. The van der Waals surface area contributed by atoms with Gasteiger partial charge in [0.1, 0.15) is 35.6 Å². The molecule has 15 heteroatoms. The van der Waals surface area contributed by atoms with E-state index in [2.05, 4.69) is 14.7 Å². The van der Waals surface area contributed by atoms with Gasteiger partial charge in [0, 0.05) is 90.3 Å². The van der Waals surface area contributed by atoms with Crippen LogP contribution in [0.5, 0.6) is 17.2 Å². The number of ether oxygens (including phenoxy) is 6. The highest BCUT2D eigenvalue weighted by molar-refractivity contribution is 5.86. The van der Waals surface area contributed by atoms with Crippen LogP contribution < -0.4 is 14.2 Å². The molecule has 0 saturated carbocycles. The Hall–Kier alpha value is -6.42. The second-order valence-electron chi connectivity index (χ2n) is 22.5. The van der Waals surface area contributed by atoms with Crippen molar-refractivity contribution in [2.24, 2.45) is 35.5 Å². The van der Waals surface area contributed by atoms with E-state index in [-0.39, 0.29) is 90.8 Å². The lowest BCUT2D eigenvalue weighted by molar-refractivity contribution is -0.168. The number of aromatic nitrogens is 3. The average Bonchev–Trinajstić information content (AvgIpc) is 3.46. The second-order valence-corrected chi connectivity index (χ2v) is 22.5. The summed E-state index contributed by atoms with van der Waals surface area (Å²) in [4.78, 5) is 65.9. The summed E-state index contributed by atoms with van der Waals surface area (Å²) in [7, 11) is 4.98. The van der Waals surface area contributed by atoms with Gasteiger partial charge in [-0.25, -0.2) is 0 Å². The van der Waals surface area contributed by atoms with Crippen molar-refractivity contribution in [1.29, 1.82) is 0 Å². The summed E-state index contributed by atoms with van der Waals surface area (Å²) in [5.41, 5.74) is 5.13. The zero-order chi connectivity index (χ0) is 50.9. The maximum Gasteiger partial charge on any atom is 0.306 e. The number of methoxy groups -OCH3 is 3. The van der Waals surface area contributed by atoms with Gasteiger partial charge in [0.15, 0.2) is 0 Å². The van der Waals surface area contributed by atoms with Crippen molar-refractivity contribution < 1.29 is 42.8 Å². The van der Waals surface area contributed by atoms with Gasteiger partial charge in [-0.2, -0.15) is 0 Å². The number of nitrogens with zero attached hydrogens (tertiary/aromatic N) is 6. The molecule has 3 aromatic carbocycles. The van der Waals surface area contributed by atoms with Crippen molar-refractivity contribution in [1.82, 2.24) is 29.7 Å². The van der Waals surface area contributed by atoms with Crippen LogP contribution in [0.2, 0.25) is 0 Å². The second kappa shape index (κ2) is 19.9.